The van der Waals surface area contributed by atoms with E-state index in [0.717, 1.165) is 24.2 Å². The molecule has 0 saturated heterocycles. The lowest BCUT2D eigenvalue weighted by Gasteiger charge is -2.21. The van der Waals surface area contributed by atoms with Crippen molar-refractivity contribution in [2.75, 3.05) is 13.1 Å². The molecule has 6 nitrogen and oxygen atoms in total. The third-order valence-electron chi connectivity index (χ3n) is 7.83. The van der Waals surface area contributed by atoms with Crippen LogP contribution in [0.3, 0.4) is 0 Å². The largest absolute Gasteiger partial charge is 0.362 e. The summed E-state index contributed by atoms with van der Waals surface area (Å²) in [6, 6.07) is 59.4. The van der Waals surface area contributed by atoms with Crippen LogP contribution in [0, 0.1) is 0 Å². The molecule has 0 radical (unpaired) electrons. The molecule has 0 unspecified atom stereocenters. The Bertz CT molecular complexity index is 1870. The Labute approximate surface area is 332 Å². The Morgan fingerprint density at radius 1 is 0.444 bits per heavy atom. The Balaban J connectivity index is 0.000000208. The third kappa shape index (κ3) is 12.0. The van der Waals surface area contributed by atoms with Crippen LogP contribution in [0.1, 0.15) is 25.0 Å². The molecule has 0 aliphatic heterocycles. The highest BCUT2D eigenvalue weighted by atomic mass is 32.1. The lowest BCUT2D eigenvalue weighted by atomic mass is 10.2. The molecular formula is C44H44N6P2S2. The summed E-state index contributed by atoms with van der Waals surface area (Å²) in [7, 11) is -1.35. The summed E-state index contributed by atoms with van der Waals surface area (Å²) in [6.07, 6.45) is 3.69. The monoisotopic (exact) mass is 782 g/mol. The van der Waals surface area contributed by atoms with Crippen LogP contribution in [0.2, 0.25) is 0 Å². The summed E-state index contributed by atoms with van der Waals surface area (Å²) in [5.41, 5.74) is 7.92. The molecule has 0 spiro atoms. The van der Waals surface area contributed by atoms with Crippen molar-refractivity contribution in [3.8, 4) is 0 Å². The molecule has 0 fully saturated rings. The zero-order chi connectivity index (χ0) is 37.8. The van der Waals surface area contributed by atoms with Crippen molar-refractivity contribution in [1.82, 2.24) is 21.5 Å². The van der Waals surface area contributed by atoms with Crippen LogP contribution in [-0.2, 0) is 0 Å². The zero-order valence-electron chi connectivity index (χ0n) is 30.3. The zero-order valence-corrected chi connectivity index (χ0v) is 33.8. The molecule has 6 rings (SSSR count). The van der Waals surface area contributed by atoms with Crippen molar-refractivity contribution >= 4 is 94.8 Å². The molecule has 0 bridgehead atoms. The van der Waals surface area contributed by atoms with Gasteiger partial charge in [0.2, 0.25) is 0 Å². The van der Waals surface area contributed by atoms with E-state index < -0.39 is 15.8 Å². The summed E-state index contributed by atoms with van der Waals surface area (Å²) < 4.78 is 0. The van der Waals surface area contributed by atoms with Crippen molar-refractivity contribution in [1.29, 1.82) is 0 Å². The van der Waals surface area contributed by atoms with Crippen LogP contribution >= 0.6 is 40.3 Å². The molecule has 6 aromatic carbocycles. The molecule has 0 aliphatic rings. The molecule has 0 atom stereocenters. The fourth-order valence-electron chi connectivity index (χ4n) is 5.48. The van der Waals surface area contributed by atoms with E-state index in [-0.39, 0.29) is 0 Å². The quantitative estimate of drug-likeness (QED) is 0.0491. The highest BCUT2D eigenvalue weighted by Gasteiger charge is 2.19. The fourth-order valence-corrected chi connectivity index (χ4v) is 10.7. The topological polar surface area (TPSA) is 72.8 Å². The van der Waals surface area contributed by atoms with Crippen LogP contribution in [-0.4, -0.2) is 35.7 Å². The number of nitrogens with zero attached hydrogens (tertiary/aromatic N) is 2. The van der Waals surface area contributed by atoms with Gasteiger partial charge in [0.15, 0.2) is 10.2 Å². The molecule has 6 aromatic rings. The summed E-state index contributed by atoms with van der Waals surface area (Å²) in [5.74, 6) is 0. The molecule has 10 heteroatoms. The molecule has 0 saturated carbocycles. The van der Waals surface area contributed by atoms with Gasteiger partial charge in [0.25, 0.3) is 0 Å². The molecule has 0 aliphatic carbocycles. The minimum Gasteiger partial charge on any atom is -0.362 e. The maximum absolute atomic E-state index is 5.17. The van der Waals surface area contributed by atoms with Gasteiger partial charge in [-0.2, -0.15) is 10.2 Å². The minimum atomic E-state index is -0.673. The van der Waals surface area contributed by atoms with Crippen molar-refractivity contribution < 1.29 is 0 Å². The maximum Gasteiger partial charge on any atom is 0.186 e. The van der Waals surface area contributed by atoms with Gasteiger partial charge in [-0.1, -0.05) is 170 Å². The van der Waals surface area contributed by atoms with Crippen LogP contribution in [0.4, 0.5) is 0 Å². The Hall–Kier alpha value is -5.10. The lowest BCUT2D eigenvalue weighted by molar-refractivity contribution is 0.904. The van der Waals surface area contributed by atoms with Gasteiger partial charge >= 0.3 is 0 Å². The third-order valence-corrected chi connectivity index (χ3v) is 13.3. The van der Waals surface area contributed by atoms with Crippen molar-refractivity contribution in [2.24, 2.45) is 10.2 Å². The van der Waals surface area contributed by atoms with Gasteiger partial charge in [-0.3, -0.25) is 10.9 Å². The summed E-state index contributed by atoms with van der Waals surface area (Å²) in [4.78, 5) is 0. The van der Waals surface area contributed by atoms with E-state index in [1.807, 2.05) is 38.4 Å². The van der Waals surface area contributed by atoms with E-state index in [2.05, 4.69) is 189 Å². The number of hydrogen-bond donors (Lipinski definition) is 4. The first kappa shape index (κ1) is 40.1. The first-order chi connectivity index (χ1) is 26.6. The van der Waals surface area contributed by atoms with Crippen molar-refractivity contribution in [2.45, 2.75) is 13.8 Å². The number of rotatable bonds is 12. The highest BCUT2D eigenvalue weighted by Crippen LogP contribution is 2.34. The van der Waals surface area contributed by atoms with Gasteiger partial charge in [0.1, 0.15) is 0 Å². The maximum atomic E-state index is 5.17. The Morgan fingerprint density at radius 3 is 1.02 bits per heavy atom. The van der Waals surface area contributed by atoms with Crippen LogP contribution in [0.15, 0.2) is 180 Å². The summed E-state index contributed by atoms with van der Waals surface area (Å²) >= 11 is 10.3. The van der Waals surface area contributed by atoms with E-state index in [0.29, 0.717) is 10.2 Å². The van der Waals surface area contributed by atoms with Gasteiger partial charge in [-0.05, 0) is 86.0 Å². The molecule has 272 valence electrons. The van der Waals surface area contributed by atoms with E-state index in [1.54, 1.807) is 0 Å². The van der Waals surface area contributed by atoms with Crippen LogP contribution in [0.25, 0.3) is 0 Å². The number of nitrogens with one attached hydrogen (secondary N) is 4. The van der Waals surface area contributed by atoms with E-state index in [4.69, 9.17) is 24.4 Å². The summed E-state index contributed by atoms with van der Waals surface area (Å²) in [6.45, 7) is 5.54. The standard InChI is InChI=1S/2C22H22N3PS/c2*1-2-23-22(27)25-24-17-18-11-9-10-16-21(18)26(19-12-5-3-6-13-19)20-14-7-4-8-15-20/h2*3-17H,2H2,1H3,(H2,23,25,27)/b2*24-17+. The molecule has 0 amide bonds. The molecule has 0 heterocycles. The average molecular weight is 783 g/mol. The lowest BCUT2D eigenvalue weighted by Crippen LogP contribution is -2.31. The Kier molecular flexibility index (Phi) is 16.5. The minimum absolute atomic E-state index is 0.527. The second-order valence-electron chi connectivity index (χ2n) is 11.6. The normalized spacial score (nSPS) is 10.9. The van der Waals surface area contributed by atoms with Crippen LogP contribution < -0.4 is 53.3 Å². The van der Waals surface area contributed by atoms with E-state index >= 15 is 0 Å². The second-order valence-corrected chi connectivity index (χ2v) is 16.8. The SMILES string of the molecule is CCNC(=S)N/N=C/c1ccccc1P(c1ccccc1)c1ccccc1.CCNC(=S)N/N=C/c1ccccc1P(c1ccccc1)c1ccccc1. The molecule has 54 heavy (non-hydrogen) atoms. The van der Waals surface area contributed by atoms with Gasteiger partial charge < -0.3 is 10.6 Å². The highest BCUT2D eigenvalue weighted by molar-refractivity contribution is 7.81. The molecule has 4 N–H and O–H groups in total. The number of hydrazone groups is 2. The average Bonchev–Trinajstić information content (AvgIpc) is 3.21. The Morgan fingerprint density at radius 2 is 0.722 bits per heavy atom. The van der Waals surface area contributed by atoms with Gasteiger partial charge in [-0.25, -0.2) is 0 Å². The van der Waals surface area contributed by atoms with E-state index in [1.165, 1.54) is 31.8 Å². The molecule has 0 aromatic heterocycles. The van der Waals surface area contributed by atoms with Gasteiger partial charge in [0, 0.05) is 24.2 Å². The van der Waals surface area contributed by atoms with Gasteiger partial charge in [0.05, 0.1) is 12.4 Å². The smallest absolute Gasteiger partial charge is 0.186 e. The van der Waals surface area contributed by atoms with Crippen LogP contribution in [0.5, 0.6) is 0 Å². The predicted octanol–water partition coefficient (Wildman–Crippen LogP) is 6.53. The first-order valence-corrected chi connectivity index (χ1v) is 21.2. The van der Waals surface area contributed by atoms with Gasteiger partial charge in [-0.15, -0.1) is 0 Å². The second kappa shape index (κ2) is 22.2. The predicted molar refractivity (Wildman–Crippen MR) is 244 cm³/mol. The fraction of sp³-hybridized carbons (Fsp3) is 0.0909. The number of thiocarbonyl (C=S) groups is 2. The molecular weight excluding hydrogens is 739 g/mol. The first-order valence-electron chi connectivity index (χ1n) is 17.7. The summed E-state index contributed by atoms with van der Waals surface area (Å²) in [5, 5.41) is 23.6. The van der Waals surface area contributed by atoms with E-state index in [9.17, 15) is 0 Å². The number of benzene rings is 6. The van der Waals surface area contributed by atoms with Crippen molar-refractivity contribution in [3.63, 3.8) is 0 Å². The number of hydrogen-bond acceptors (Lipinski definition) is 4. The van der Waals surface area contributed by atoms with Crippen molar-refractivity contribution in [3.05, 3.63) is 181 Å².